The summed E-state index contributed by atoms with van der Waals surface area (Å²) < 4.78 is 1.35. The van der Waals surface area contributed by atoms with Crippen LogP contribution in [0.1, 0.15) is 11.1 Å². The Balaban J connectivity index is 1.76. The summed E-state index contributed by atoms with van der Waals surface area (Å²) in [6.07, 6.45) is 5.04. The second-order valence-electron chi connectivity index (χ2n) is 5.04. The lowest BCUT2D eigenvalue weighted by molar-refractivity contribution is 0.640. The van der Waals surface area contributed by atoms with Crippen LogP contribution >= 0.6 is 11.6 Å². The van der Waals surface area contributed by atoms with E-state index in [0.717, 1.165) is 11.1 Å². The molecule has 2 heterocycles. The number of rotatable bonds is 5. The topological polar surface area (TPSA) is 59.8 Å². The van der Waals surface area contributed by atoms with E-state index in [9.17, 15) is 4.79 Å². The van der Waals surface area contributed by atoms with Crippen LogP contribution in [0.25, 0.3) is 0 Å². The number of anilines is 1. The van der Waals surface area contributed by atoms with Crippen molar-refractivity contribution >= 4 is 17.3 Å². The number of nitrogens with zero attached hydrogens (tertiary/aromatic N) is 3. The Labute approximate surface area is 138 Å². The van der Waals surface area contributed by atoms with Gasteiger partial charge in [-0.2, -0.15) is 5.10 Å². The van der Waals surface area contributed by atoms with Crippen LogP contribution in [0.3, 0.4) is 0 Å². The zero-order valence-corrected chi connectivity index (χ0v) is 13.1. The van der Waals surface area contributed by atoms with Crippen LogP contribution in [-0.2, 0) is 13.1 Å². The van der Waals surface area contributed by atoms with E-state index >= 15 is 0 Å². The normalized spacial score (nSPS) is 10.5. The van der Waals surface area contributed by atoms with Gasteiger partial charge >= 0.3 is 0 Å². The van der Waals surface area contributed by atoms with Gasteiger partial charge in [-0.15, -0.1) is 0 Å². The van der Waals surface area contributed by atoms with Gasteiger partial charge in [0.25, 0.3) is 5.56 Å². The third-order valence-corrected chi connectivity index (χ3v) is 3.73. The van der Waals surface area contributed by atoms with Crippen LogP contribution in [0.4, 0.5) is 5.69 Å². The van der Waals surface area contributed by atoms with E-state index in [0.29, 0.717) is 18.8 Å². The number of benzene rings is 1. The molecule has 1 N–H and O–H groups in total. The Bertz CT molecular complexity index is 834. The molecule has 1 aromatic carbocycles. The smallest absolute Gasteiger partial charge is 0.287 e. The molecule has 0 amide bonds. The van der Waals surface area contributed by atoms with Crippen LogP contribution in [-0.4, -0.2) is 14.8 Å². The molecule has 0 aliphatic carbocycles. The highest BCUT2D eigenvalue weighted by Crippen LogP contribution is 2.16. The Morgan fingerprint density at radius 3 is 2.57 bits per heavy atom. The monoisotopic (exact) mass is 326 g/mol. The summed E-state index contributed by atoms with van der Waals surface area (Å²) in [5, 5.41) is 7.44. The minimum atomic E-state index is -0.313. The van der Waals surface area contributed by atoms with Gasteiger partial charge < -0.3 is 5.32 Å². The van der Waals surface area contributed by atoms with Crippen molar-refractivity contribution in [3.63, 3.8) is 0 Å². The second-order valence-corrected chi connectivity index (χ2v) is 5.41. The Morgan fingerprint density at radius 2 is 1.83 bits per heavy atom. The number of nitrogens with one attached hydrogen (secondary N) is 1. The van der Waals surface area contributed by atoms with Crippen molar-refractivity contribution in [1.29, 1.82) is 0 Å². The molecule has 0 radical (unpaired) electrons. The molecule has 0 bridgehead atoms. The van der Waals surface area contributed by atoms with Gasteiger partial charge in [-0.25, -0.2) is 4.68 Å². The maximum absolute atomic E-state index is 12.3. The van der Waals surface area contributed by atoms with E-state index in [1.807, 2.05) is 42.5 Å². The molecule has 0 unspecified atom stereocenters. The summed E-state index contributed by atoms with van der Waals surface area (Å²) in [5.41, 5.74) is 2.20. The predicted octanol–water partition coefficient (Wildman–Crippen LogP) is 2.95. The van der Waals surface area contributed by atoms with E-state index < -0.39 is 0 Å². The number of aromatic nitrogens is 3. The van der Waals surface area contributed by atoms with Crippen molar-refractivity contribution in [2.75, 3.05) is 5.32 Å². The highest BCUT2D eigenvalue weighted by atomic mass is 35.5. The van der Waals surface area contributed by atoms with Gasteiger partial charge in [0.1, 0.15) is 5.02 Å². The van der Waals surface area contributed by atoms with Crippen molar-refractivity contribution in [1.82, 2.24) is 14.8 Å². The highest BCUT2D eigenvalue weighted by Gasteiger charge is 2.09. The Morgan fingerprint density at radius 1 is 1.04 bits per heavy atom. The third kappa shape index (κ3) is 3.76. The lowest BCUT2D eigenvalue weighted by Gasteiger charge is -2.10. The lowest BCUT2D eigenvalue weighted by atomic mass is 10.2. The minimum absolute atomic E-state index is 0.139. The maximum Gasteiger partial charge on any atom is 0.287 e. The molecule has 3 aromatic rings. The zero-order chi connectivity index (χ0) is 16.1. The van der Waals surface area contributed by atoms with E-state index in [1.165, 1.54) is 4.68 Å². The standard InChI is InChI=1S/C17H15ClN4O/c18-16-15(20-10-14-7-4-8-19-9-14)11-21-22(17(16)23)12-13-5-2-1-3-6-13/h1-9,11,20H,10,12H2. The molecular formula is C17H15ClN4O. The summed E-state index contributed by atoms with van der Waals surface area (Å²) in [7, 11) is 0. The first-order valence-electron chi connectivity index (χ1n) is 7.16. The minimum Gasteiger partial charge on any atom is -0.378 e. The Kier molecular flexibility index (Phi) is 4.68. The van der Waals surface area contributed by atoms with Crippen LogP contribution in [0.5, 0.6) is 0 Å². The van der Waals surface area contributed by atoms with Gasteiger partial charge in [-0.05, 0) is 17.2 Å². The fraction of sp³-hybridized carbons (Fsp3) is 0.118. The van der Waals surface area contributed by atoms with Crippen molar-refractivity contribution in [2.24, 2.45) is 0 Å². The Hall–Kier alpha value is -2.66. The molecule has 0 fully saturated rings. The lowest BCUT2D eigenvalue weighted by Crippen LogP contribution is -2.24. The van der Waals surface area contributed by atoms with Gasteiger partial charge in [-0.3, -0.25) is 9.78 Å². The van der Waals surface area contributed by atoms with Gasteiger partial charge in [0.2, 0.25) is 0 Å². The van der Waals surface area contributed by atoms with Crippen molar-refractivity contribution in [3.8, 4) is 0 Å². The molecule has 3 rings (SSSR count). The summed E-state index contributed by atoms with van der Waals surface area (Å²) in [4.78, 5) is 16.4. The van der Waals surface area contributed by atoms with Gasteiger partial charge in [-0.1, -0.05) is 48.0 Å². The third-order valence-electron chi connectivity index (χ3n) is 3.37. The summed E-state index contributed by atoms with van der Waals surface area (Å²) in [6.45, 7) is 0.916. The van der Waals surface area contributed by atoms with Crippen LogP contribution in [0.2, 0.25) is 5.02 Å². The number of hydrogen-bond acceptors (Lipinski definition) is 4. The summed E-state index contributed by atoms with van der Waals surface area (Å²) in [6, 6.07) is 13.5. The van der Waals surface area contributed by atoms with Crippen LogP contribution < -0.4 is 10.9 Å². The van der Waals surface area contributed by atoms with Crippen LogP contribution in [0, 0.1) is 0 Å². The molecule has 2 aromatic heterocycles. The van der Waals surface area contributed by atoms with Gasteiger partial charge in [0, 0.05) is 18.9 Å². The van der Waals surface area contributed by atoms with Gasteiger partial charge in [0.05, 0.1) is 18.4 Å². The molecule has 0 aliphatic rings. The fourth-order valence-corrected chi connectivity index (χ4v) is 2.37. The summed E-state index contributed by atoms with van der Waals surface area (Å²) in [5.74, 6) is 0. The maximum atomic E-state index is 12.3. The average molecular weight is 327 g/mol. The molecule has 6 heteroatoms. The van der Waals surface area contributed by atoms with E-state index in [-0.39, 0.29) is 10.6 Å². The first kappa shape index (κ1) is 15.2. The van der Waals surface area contributed by atoms with E-state index in [4.69, 9.17) is 11.6 Å². The molecule has 0 saturated carbocycles. The fourth-order valence-electron chi connectivity index (χ4n) is 2.16. The molecule has 0 aliphatic heterocycles. The number of hydrogen-bond donors (Lipinski definition) is 1. The molecular weight excluding hydrogens is 312 g/mol. The molecule has 0 atom stereocenters. The summed E-state index contributed by atoms with van der Waals surface area (Å²) >= 11 is 6.18. The van der Waals surface area contributed by atoms with Crippen molar-refractivity contribution in [2.45, 2.75) is 13.1 Å². The predicted molar refractivity (Wildman–Crippen MR) is 90.6 cm³/mol. The first-order valence-corrected chi connectivity index (χ1v) is 7.54. The number of pyridine rings is 1. The first-order chi connectivity index (χ1) is 11.2. The molecule has 116 valence electrons. The largest absolute Gasteiger partial charge is 0.378 e. The van der Waals surface area contributed by atoms with Gasteiger partial charge in [0.15, 0.2) is 0 Å². The van der Waals surface area contributed by atoms with Crippen molar-refractivity contribution in [3.05, 3.63) is 87.6 Å². The molecule has 0 spiro atoms. The van der Waals surface area contributed by atoms with E-state index in [2.05, 4.69) is 15.4 Å². The zero-order valence-electron chi connectivity index (χ0n) is 12.3. The quantitative estimate of drug-likeness (QED) is 0.783. The molecule has 23 heavy (non-hydrogen) atoms. The van der Waals surface area contributed by atoms with E-state index in [1.54, 1.807) is 18.6 Å². The SMILES string of the molecule is O=c1c(Cl)c(NCc2cccnc2)cnn1Cc1ccccc1. The molecule has 0 saturated heterocycles. The number of halogens is 1. The van der Waals surface area contributed by atoms with Crippen LogP contribution in [0.15, 0.2) is 65.8 Å². The molecule has 5 nitrogen and oxygen atoms in total. The second kappa shape index (κ2) is 7.07. The van der Waals surface area contributed by atoms with Crippen molar-refractivity contribution < 1.29 is 0 Å². The highest BCUT2D eigenvalue weighted by molar-refractivity contribution is 6.32. The average Bonchev–Trinajstić information content (AvgIpc) is 2.60.